The Labute approximate surface area is 144 Å². The molecule has 0 unspecified atom stereocenters. The summed E-state index contributed by atoms with van der Waals surface area (Å²) in [5.41, 5.74) is 0. The summed E-state index contributed by atoms with van der Waals surface area (Å²) in [6, 6.07) is 0.269. The first-order valence-electron chi connectivity index (χ1n) is 9.66. The van der Waals surface area contributed by atoms with Gasteiger partial charge in [0.15, 0.2) is 0 Å². The Balaban J connectivity index is 1.42. The van der Waals surface area contributed by atoms with Crippen molar-refractivity contribution in [2.24, 2.45) is 5.92 Å². The largest absolute Gasteiger partial charge is 0.381 e. The molecule has 3 fully saturated rings. The van der Waals surface area contributed by atoms with Crippen molar-refractivity contribution in [2.75, 3.05) is 39.4 Å². The molecular formula is C18H31N3O3. The van der Waals surface area contributed by atoms with Crippen LogP contribution in [0.5, 0.6) is 0 Å². The van der Waals surface area contributed by atoms with Gasteiger partial charge in [0.25, 0.3) is 0 Å². The highest BCUT2D eigenvalue weighted by atomic mass is 16.5. The lowest BCUT2D eigenvalue weighted by Gasteiger charge is -2.35. The first-order chi connectivity index (χ1) is 11.7. The molecule has 0 aromatic rings. The normalized spacial score (nSPS) is 24.5. The monoisotopic (exact) mass is 337 g/mol. The third-order valence-corrected chi connectivity index (χ3v) is 5.60. The molecule has 3 aliphatic rings. The molecule has 0 atom stereocenters. The molecule has 0 bridgehead atoms. The number of carbonyl (C=O) groups excluding carboxylic acids is 2. The molecule has 0 aliphatic carbocycles. The Morgan fingerprint density at radius 3 is 2.04 bits per heavy atom. The number of carbonyl (C=O) groups is 2. The van der Waals surface area contributed by atoms with E-state index in [0.717, 1.165) is 64.8 Å². The maximum atomic E-state index is 12.7. The molecule has 3 aliphatic heterocycles. The molecule has 3 heterocycles. The second kappa shape index (κ2) is 8.70. The number of ether oxygens (including phenoxy) is 1. The maximum absolute atomic E-state index is 12.7. The van der Waals surface area contributed by atoms with Gasteiger partial charge in [-0.25, -0.2) is 4.79 Å². The molecule has 136 valence electrons. The number of piperidine rings is 1. The van der Waals surface area contributed by atoms with Crippen LogP contribution in [0.2, 0.25) is 0 Å². The summed E-state index contributed by atoms with van der Waals surface area (Å²) >= 11 is 0. The van der Waals surface area contributed by atoms with Gasteiger partial charge in [0, 0.05) is 51.4 Å². The van der Waals surface area contributed by atoms with Gasteiger partial charge in [0.1, 0.15) is 0 Å². The van der Waals surface area contributed by atoms with Crippen LogP contribution in [-0.2, 0) is 9.53 Å². The van der Waals surface area contributed by atoms with Crippen molar-refractivity contribution in [2.45, 2.75) is 57.4 Å². The van der Waals surface area contributed by atoms with Crippen molar-refractivity contribution >= 4 is 11.9 Å². The average Bonchev–Trinajstić information content (AvgIpc) is 2.91. The van der Waals surface area contributed by atoms with Gasteiger partial charge in [0.05, 0.1) is 0 Å². The minimum absolute atomic E-state index is 0.0302. The number of hydrogen-bond acceptors (Lipinski definition) is 3. The van der Waals surface area contributed by atoms with Crippen LogP contribution < -0.4 is 5.32 Å². The Morgan fingerprint density at radius 2 is 1.42 bits per heavy atom. The zero-order valence-electron chi connectivity index (χ0n) is 14.7. The second-order valence-electron chi connectivity index (χ2n) is 7.34. The van der Waals surface area contributed by atoms with Crippen LogP contribution in [0.25, 0.3) is 0 Å². The standard InChI is InChI=1S/C18H31N3O3/c22-17(20-9-3-1-2-4-10-20)15-5-11-21(12-6-15)18(23)19-16-7-13-24-14-8-16/h15-16H,1-14H2,(H,19,23). The van der Waals surface area contributed by atoms with Crippen molar-refractivity contribution < 1.29 is 14.3 Å². The molecule has 6 nitrogen and oxygen atoms in total. The predicted octanol–water partition coefficient (Wildman–Crippen LogP) is 1.99. The lowest BCUT2D eigenvalue weighted by Crippen LogP contribution is -2.50. The van der Waals surface area contributed by atoms with E-state index in [1.165, 1.54) is 12.8 Å². The van der Waals surface area contributed by atoms with Gasteiger partial charge in [-0.15, -0.1) is 0 Å². The van der Waals surface area contributed by atoms with Gasteiger partial charge < -0.3 is 19.9 Å². The van der Waals surface area contributed by atoms with Gasteiger partial charge in [-0.2, -0.15) is 0 Å². The summed E-state index contributed by atoms with van der Waals surface area (Å²) in [6.45, 7) is 4.69. The Kier molecular flexibility index (Phi) is 6.35. The molecule has 3 saturated heterocycles. The third kappa shape index (κ3) is 4.62. The van der Waals surface area contributed by atoms with Crippen LogP contribution in [0.15, 0.2) is 0 Å². The number of hydrogen-bond donors (Lipinski definition) is 1. The second-order valence-corrected chi connectivity index (χ2v) is 7.34. The molecule has 0 aromatic carbocycles. The van der Waals surface area contributed by atoms with Crippen molar-refractivity contribution in [3.63, 3.8) is 0 Å². The quantitative estimate of drug-likeness (QED) is 0.838. The fraction of sp³-hybridized carbons (Fsp3) is 0.889. The van der Waals surface area contributed by atoms with Crippen LogP contribution in [0.1, 0.15) is 51.4 Å². The van der Waals surface area contributed by atoms with Crippen LogP contribution in [0.3, 0.4) is 0 Å². The fourth-order valence-electron chi connectivity index (χ4n) is 3.99. The van der Waals surface area contributed by atoms with Gasteiger partial charge in [0.2, 0.25) is 5.91 Å². The fourth-order valence-corrected chi connectivity index (χ4v) is 3.99. The van der Waals surface area contributed by atoms with Crippen molar-refractivity contribution in [1.29, 1.82) is 0 Å². The first kappa shape index (κ1) is 17.5. The molecule has 6 heteroatoms. The Hall–Kier alpha value is -1.30. The highest BCUT2D eigenvalue weighted by molar-refractivity contribution is 5.80. The minimum atomic E-state index is 0.0302. The van der Waals surface area contributed by atoms with E-state index in [9.17, 15) is 9.59 Å². The van der Waals surface area contributed by atoms with E-state index in [1.54, 1.807) is 0 Å². The van der Waals surface area contributed by atoms with E-state index in [4.69, 9.17) is 4.74 Å². The van der Waals surface area contributed by atoms with Crippen LogP contribution >= 0.6 is 0 Å². The smallest absolute Gasteiger partial charge is 0.317 e. The van der Waals surface area contributed by atoms with E-state index in [0.29, 0.717) is 19.0 Å². The van der Waals surface area contributed by atoms with Crippen molar-refractivity contribution in [1.82, 2.24) is 15.1 Å². The van der Waals surface area contributed by atoms with Gasteiger partial charge in [-0.05, 0) is 38.5 Å². The summed E-state index contributed by atoms with van der Waals surface area (Å²) in [7, 11) is 0. The maximum Gasteiger partial charge on any atom is 0.317 e. The molecule has 0 radical (unpaired) electrons. The molecule has 3 rings (SSSR count). The Morgan fingerprint density at radius 1 is 0.792 bits per heavy atom. The molecular weight excluding hydrogens is 306 g/mol. The summed E-state index contributed by atoms with van der Waals surface area (Å²) in [5, 5.41) is 3.12. The predicted molar refractivity (Wildman–Crippen MR) is 91.7 cm³/mol. The number of nitrogens with one attached hydrogen (secondary N) is 1. The van der Waals surface area contributed by atoms with Gasteiger partial charge in [-0.3, -0.25) is 4.79 Å². The number of rotatable bonds is 2. The van der Waals surface area contributed by atoms with E-state index in [-0.39, 0.29) is 18.0 Å². The molecule has 0 spiro atoms. The molecule has 3 amide bonds. The summed E-state index contributed by atoms with van der Waals surface area (Å²) < 4.78 is 5.33. The van der Waals surface area contributed by atoms with Crippen molar-refractivity contribution in [3.8, 4) is 0 Å². The number of urea groups is 1. The number of amides is 3. The number of nitrogens with zero attached hydrogens (tertiary/aromatic N) is 2. The lowest BCUT2D eigenvalue weighted by molar-refractivity contribution is -0.136. The van der Waals surface area contributed by atoms with Crippen LogP contribution in [0.4, 0.5) is 4.79 Å². The zero-order valence-corrected chi connectivity index (χ0v) is 14.7. The van der Waals surface area contributed by atoms with E-state index < -0.39 is 0 Å². The summed E-state index contributed by atoms with van der Waals surface area (Å²) in [6.07, 6.45) is 8.16. The molecule has 0 saturated carbocycles. The molecule has 24 heavy (non-hydrogen) atoms. The number of likely N-dealkylation sites (tertiary alicyclic amines) is 2. The van der Waals surface area contributed by atoms with Crippen LogP contribution in [0, 0.1) is 5.92 Å². The zero-order chi connectivity index (χ0) is 16.8. The van der Waals surface area contributed by atoms with Gasteiger partial charge in [-0.1, -0.05) is 12.8 Å². The summed E-state index contributed by atoms with van der Waals surface area (Å²) in [4.78, 5) is 29.0. The minimum Gasteiger partial charge on any atom is -0.381 e. The summed E-state index contributed by atoms with van der Waals surface area (Å²) in [5.74, 6) is 0.427. The Bertz CT molecular complexity index is 421. The molecule has 0 aromatic heterocycles. The SMILES string of the molecule is O=C(NC1CCOCC1)N1CCC(C(=O)N2CCCCCC2)CC1. The van der Waals surface area contributed by atoms with E-state index in [1.807, 2.05) is 4.90 Å². The lowest BCUT2D eigenvalue weighted by atomic mass is 9.95. The van der Waals surface area contributed by atoms with E-state index in [2.05, 4.69) is 10.2 Å². The topological polar surface area (TPSA) is 61.9 Å². The van der Waals surface area contributed by atoms with Crippen LogP contribution in [-0.4, -0.2) is 67.2 Å². The van der Waals surface area contributed by atoms with E-state index >= 15 is 0 Å². The first-order valence-corrected chi connectivity index (χ1v) is 9.66. The average molecular weight is 337 g/mol. The highest BCUT2D eigenvalue weighted by Gasteiger charge is 2.31. The van der Waals surface area contributed by atoms with Gasteiger partial charge >= 0.3 is 6.03 Å². The van der Waals surface area contributed by atoms with Crippen molar-refractivity contribution in [3.05, 3.63) is 0 Å². The highest BCUT2D eigenvalue weighted by Crippen LogP contribution is 2.22. The third-order valence-electron chi connectivity index (χ3n) is 5.60. The molecule has 1 N–H and O–H groups in total.